The number of benzene rings is 1. The van der Waals surface area contributed by atoms with Gasteiger partial charge in [-0.15, -0.1) is 0 Å². The molecule has 2 aliphatic rings. The van der Waals surface area contributed by atoms with E-state index in [1.54, 1.807) is 0 Å². The number of rotatable bonds is 4. The molecule has 2 unspecified atom stereocenters. The summed E-state index contributed by atoms with van der Waals surface area (Å²) < 4.78 is 5.90. The first kappa shape index (κ1) is 12.9. The molecule has 0 radical (unpaired) electrons. The Labute approximate surface area is 115 Å². The van der Waals surface area contributed by atoms with E-state index in [2.05, 4.69) is 17.9 Å². The molecule has 2 atom stereocenters. The minimum Gasteiger partial charge on any atom is -0.492 e. The molecule has 1 saturated carbocycles. The third kappa shape index (κ3) is 2.49. The molecule has 1 aliphatic heterocycles. The van der Waals surface area contributed by atoms with Crippen molar-refractivity contribution in [2.45, 2.75) is 38.3 Å². The SMILES string of the molecule is CCN(CC1CCC1)C1COc2ccccc2C1N. The lowest BCUT2D eigenvalue weighted by atomic mass is 9.84. The molecule has 1 aromatic rings. The maximum Gasteiger partial charge on any atom is 0.124 e. The summed E-state index contributed by atoms with van der Waals surface area (Å²) in [6.45, 7) is 5.19. The number of para-hydroxylation sites is 1. The first-order valence-electron chi connectivity index (χ1n) is 7.51. The standard InChI is InChI=1S/C16H24N2O/c1-2-18(10-12-6-5-7-12)14-11-19-15-9-4-3-8-13(15)16(14)17/h3-4,8-9,12,14,16H,2,5-7,10-11,17H2,1H3. The van der Waals surface area contributed by atoms with E-state index >= 15 is 0 Å². The molecule has 3 nitrogen and oxygen atoms in total. The topological polar surface area (TPSA) is 38.5 Å². The van der Waals surface area contributed by atoms with Crippen LogP contribution in [-0.4, -0.2) is 30.6 Å². The fourth-order valence-electron chi connectivity index (χ4n) is 3.21. The molecule has 0 amide bonds. The van der Waals surface area contributed by atoms with Gasteiger partial charge in [0.05, 0.1) is 12.1 Å². The van der Waals surface area contributed by atoms with Crippen LogP contribution in [0.15, 0.2) is 24.3 Å². The lowest BCUT2D eigenvalue weighted by Gasteiger charge is -2.41. The summed E-state index contributed by atoms with van der Waals surface area (Å²) in [5, 5.41) is 0. The van der Waals surface area contributed by atoms with Gasteiger partial charge in [0.25, 0.3) is 0 Å². The minimum absolute atomic E-state index is 0.0741. The summed E-state index contributed by atoms with van der Waals surface area (Å²) in [6, 6.07) is 8.58. The van der Waals surface area contributed by atoms with Crippen LogP contribution in [0.2, 0.25) is 0 Å². The van der Waals surface area contributed by atoms with Crippen LogP contribution in [-0.2, 0) is 0 Å². The lowest BCUT2D eigenvalue weighted by molar-refractivity contribution is 0.0735. The largest absolute Gasteiger partial charge is 0.492 e. The molecule has 0 saturated heterocycles. The number of nitrogens with two attached hydrogens (primary N) is 1. The summed E-state index contributed by atoms with van der Waals surface area (Å²) in [5.74, 6) is 1.84. The van der Waals surface area contributed by atoms with Gasteiger partial charge in [-0.2, -0.15) is 0 Å². The van der Waals surface area contributed by atoms with Gasteiger partial charge < -0.3 is 10.5 Å². The molecule has 19 heavy (non-hydrogen) atoms. The fourth-order valence-corrected chi connectivity index (χ4v) is 3.21. The molecule has 1 aliphatic carbocycles. The maximum atomic E-state index is 6.48. The van der Waals surface area contributed by atoms with Gasteiger partial charge in [0, 0.05) is 12.1 Å². The van der Waals surface area contributed by atoms with Crippen molar-refractivity contribution < 1.29 is 4.74 Å². The summed E-state index contributed by atoms with van der Waals surface area (Å²) >= 11 is 0. The summed E-state index contributed by atoms with van der Waals surface area (Å²) in [7, 11) is 0. The molecule has 2 N–H and O–H groups in total. The minimum atomic E-state index is 0.0741. The van der Waals surface area contributed by atoms with Crippen molar-refractivity contribution in [2.75, 3.05) is 19.7 Å². The average Bonchev–Trinajstić information content (AvgIpc) is 2.40. The van der Waals surface area contributed by atoms with E-state index in [-0.39, 0.29) is 6.04 Å². The van der Waals surface area contributed by atoms with Gasteiger partial charge in [0.15, 0.2) is 0 Å². The molecule has 0 aromatic heterocycles. The Hall–Kier alpha value is -1.06. The normalized spacial score (nSPS) is 26.7. The van der Waals surface area contributed by atoms with E-state index < -0.39 is 0 Å². The van der Waals surface area contributed by atoms with Gasteiger partial charge in [-0.05, 0) is 31.4 Å². The molecule has 1 fully saturated rings. The second kappa shape index (κ2) is 5.51. The summed E-state index contributed by atoms with van der Waals surface area (Å²) in [5.41, 5.74) is 7.64. The fraction of sp³-hybridized carbons (Fsp3) is 0.625. The van der Waals surface area contributed by atoms with Crippen molar-refractivity contribution in [3.05, 3.63) is 29.8 Å². The highest BCUT2D eigenvalue weighted by atomic mass is 16.5. The number of ether oxygens (including phenoxy) is 1. The molecule has 104 valence electrons. The van der Waals surface area contributed by atoms with Gasteiger partial charge >= 0.3 is 0 Å². The molecule has 1 aromatic carbocycles. The molecule has 3 heteroatoms. The van der Waals surface area contributed by atoms with Crippen molar-refractivity contribution in [1.82, 2.24) is 4.90 Å². The highest BCUT2D eigenvalue weighted by Crippen LogP contribution is 2.34. The van der Waals surface area contributed by atoms with E-state index in [1.807, 2.05) is 18.2 Å². The van der Waals surface area contributed by atoms with Crippen LogP contribution in [0.1, 0.15) is 37.8 Å². The van der Waals surface area contributed by atoms with Crippen LogP contribution < -0.4 is 10.5 Å². The van der Waals surface area contributed by atoms with Gasteiger partial charge in [-0.3, -0.25) is 4.90 Å². The molecule has 0 bridgehead atoms. The summed E-state index contributed by atoms with van der Waals surface area (Å²) in [6.07, 6.45) is 4.17. The number of likely N-dealkylation sites (N-methyl/N-ethyl adjacent to an activating group) is 1. The maximum absolute atomic E-state index is 6.48. The van der Waals surface area contributed by atoms with E-state index in [4.69, 9.17) is 10.5 Å². The lowest BCUT2D eigenvalue weighted by Crippen LogP contribution is -2.50. The van der Waals surface area contributed by atoms with Crippen molar-refractivity contribution >= 4 is 0 Å². The van der Waals surface area contributed by atoms with Crippen molar-refractivity contribution in [3.8, 4) is 5.75 Å². The Balaban J connectivity index is 1.74. The molecular weight excluding hydrogens is 236 g/mol. The van der Waals surface area contributed by atoms with E-state index in [1.165, 1.54) is 25.8 Å². The van der Waals surface area contributed by atoms with Gasteiger partial charge in [0.2, 0.25) is 0 Å². The Bertz CT molecular complexity index is 431. The average molecular weight is 260 g/mol. The zero-order valence-corrected chi connectivity index (χ0v) is 11.7. The first-order chi connectivity index (χ1) is 9.29. The Morgan fingerprint density at radius 1 is 1.32 bits per heavy atom. The second-order valence-corrected chi connectivity index (χ2v) is 5.83. The first-order valence-corrected chi connectivity index (χ1v) is 7.51. The van der Waals surface area contributed by atoms with Crippen LogP contribution in [0.4, 0.5) is 0 Å². The molecule has 3 rings (SSSR count). The highest BCUT2D eigenvalue weighted by molar-refractivity contribution is 5.38. The zero-order chi connectivity index (χ0) is 13.2. The predicted molar refractivity (Wildman–Crippen MR) is 77.2 cm³/mol. The monoisotopic (exact) mass is 260 g/mol. The van der Waals surface area contributed by atoms with Gasteiger partial charge in [0.1, 0.15) is 12.4 Å². The van der Waals surface area contributed by atoms with Crippen LogP contribution in [0, 0.1) is 5.92 Å². The third-order valence-corrected chi connectivity index (χ3v) is 4.69. The van der Waals surface area contributed by atoms with Crippen molar-refractivity contribution in [2.24, 2.45) is 11.7 Å². The quantitative estimate of drug-likeness (QED) is 0.904. The summed E-state index contributed by atoms with van der Waals surface area (Å²) in [4.78, 5) is 2.52. The third-order valence-electron chi connectivity index (χ3n) is 4.69. The number of nitrogens with zero attached hydrogens (tertiary/aromatic N) is 1. The Morgan fingerprint density at radius 3 is 2.79 bits per heavy atom. The molecule has 0 spiro atoms. The van der Waals surface area contributed by atoms with Crippen LogP contribution in [0.25, 0.3) is 0 Å². The van der Waals surface area contributed by atoms with E-state index in [0.717, 1.165) is 30.4 Å². The van der Waals surface area contributed by atoms with Crippen molar-refractivity contribution in [3.63, 3.8) is 0 Å². The van der Waals surface area contributed by atoms with Crippen LogP contribution in [0.5, 0.6) is 5.75 Å². The predicted octanol–water partition coefficient (Wildman–Crippen LogP) is 2.57. The molecular formula is C16H24N2O. The van der Waals surface area contributed by atoms with Gasteiger partial charge in [-0.1, -0.05) is 31.5 Å². The number of fused-ring (bicyclic) bond motifs is 1. The Kier molecular flexibility index (Phi) is 3.76. The molecule has 1 heterocycles. The number of hydrogen-bond donors (Lipinski definition) is 1. The number of hydrogen-bond acceptors (Lipinski definition) is 3. The van der Waals surface area contributed by atoms with E-state index in [0.29, 0.717) is 6.04 Å². The van der Waals surface area contributed by atoms with Crippen molar-refractivity contribution in [1.29, 1.82) is 0 Å². The van der Waals surface area contributed by atoms with Crippen LogP contribution in [0.3, 0.4) is 0 Å². The zero-order valence-electron chi connectivity index (χ0n) is 11.7. The smallest absolute Gasteiger partial charge is 0.124 e. The van der Waals surface area contributed by atoms with Gasteiger partial charge in [-0.25, -0.2) is 0 Å². The Morgan fingerprint density at radius 2 is 2.11 bits per heavy atom. The highest BCUT2D eigenvalue weighted by Gasteiger charge is 2.33. The van der Waals surface area contributed by atoms with E-state index in [9.17, 15) is 0 Å². The van der Waals surface area contributed by atoms with Crippen LogP contribution >= 0.6 is 0 Å². The second-order valence-electron chi connectivity index (χ2n) is 5.83.